The van der Waals surface area contributed by atoms with Gasteiger partial charge in [0.1, 0.15) is 17.9 Å². The molecule has 0 aliphatic carbocycles. The molecule has 2 saturated heterocycles. The summed E-state index contributed by atoms with van der Waals surface area (Å²) in [4.78, 5) is 28.8. The Hall–Kier alpha value is -3.50. The van der Waals surface area contributed by atoms with E-state index in [1.807, 2.05) is 37.3 Å². The minimum Gasteiger partial charge on any atom is -0.489 e. The van der Waals surface area contributed by atoms with Crippen molar-refractivity contribution in [3.63, 3.8) is 0 Å². The fraction of sp³-hybridized carbons (Fsp3) is 0.320. The van der Waals surface area contributed by atoms with Gasteiger partial charge in [0.15, 0.2) is 0 Å². The Morgan fingerprint density at radius 3 is 2.60 bits per heavy atom. The second-order valence-electron chi connectivity index (χ2n) is 9.08. The number of aromatic nitrogens is 1. The highest BCUT2D eigenvalue weighted by Gasteiger charge is 2.54. The Morgan fingerprint density at radius 2 is 1.89 bits per heavy atom. The van der Waals surface area contributed by atoms with E-state index in [9.17, 15) is 18.0 Å². The van der Waals surface area contributed by atoms with Crippen LogP contribution in [0.4, 0.5) is 4.79 Å². The van der Waals surface area contributed by atoms with Gasteiger partial charge in [-0.25, -0.2) is 13.2 Å². The third-order valence-corrected chi connectivity index (χ3v) is 8.62. The highest BCUT2D eigenvalue weighted by atomic mass is 32.2. The molecule has 2 N–H and O–H groups in total. The van der Waals surface area contributed by atoms with E-state index in [0.717, 1.165) is 22.2 Å². The zero-order valence-electron chi connectivity index (χ0n) is 19.4. The van der Waals surface area contributed by atoms with Gasteiger partial charge in [0.25, 0.3) is 5.91 Å². The van der Waals surface area contributed by atoms with Gasteiger partial charge in [-0.1, -0.05) is 18.2 Å². The largest absolute Gasteiger partial charge is 0.489 e. The van der Waals surface area contributed by atoms with Crippen molar-refractivity contribution in [2.24, 2.45) is 0 Å². The predicted molar refractivity (Wildman–Crippen MR) is 129 cm³/mol. The van der Waals surface area contributed by atoms with Crippen molar-refractivity contribution in [2.75, 3.05) is 6.54 Å². The third-order valence-electron chi connectivity index (χ3n) is 6.70. The Balaban J connectivity index is 1.34. The zero-order valence-corrected chi connectivity index (χ0v) is 20.3. The van der Waals surface area contributed by atoms with E-state index < -0.39 is 33.5 Å². The minimum absolute atomic E-state index is 0.107. The Morgan fingerprint density at radius 1 is 1.14 bits per heavy atom. The van der Waals surface area contributed by atoms with E-state index in [-0.39, 0.29) is 11.4 Å². The van der Waals surface area contributed by atoms with Gasteiger partial charge in [0.05, 0.1) is 16.5 Å². The lowest BCUT2D eigenvalue weighted by Crippen LogP contribution is -2.59. The van der Waals surface area contributed by atoms with Gasteiger partial charge in [0, 0.05) is 23.2 Å². The number of hydrogen-bond donors (Lipinski definition) is 2. The van der Waals surface area contributed by atoms with Gasteiger partial charge >= 0.3 is 6.03 Å². The minimum atomic E-state index is -3.88. The molecule has 35 heavy (non-hydrogen) atoms. The van der Waals surface area contributed by atoms with Gasteiger partial charge in [-0.15, -0.1) is 0 Å². The second kappa shape index (κ2) is 8.62. The average Bonchev–Trinajstić information content (AvgIpc) is 3.43. The first-order valence-electron chi connectivity index (χ1n) is 11.4. The highest BCUT2D eigenvalue weighted by Crippen LogP contribution is 2.34. The lowest BCUT2D eigenvalue weighted by Gasteiger charge is -2.34. The summed E-state index contributed by atoms with van der Waals surface area (Å²) in [7, 11) is -3.88. The fourth-order valence-corrected chi connectivity index (χ4v) is 6.69. The molecule has 9 nitrogen and oxygen atoms in total. The number of amides is 3. The van der Waals surface area contributed by atoms with E-state index in [2.05, 4.69) is 15.6 Å². The molecule has 3 amide bonds. The average molecular weight is 495 g/mol. The molecule has 5 rings (SSSR count). The van der Waals surface area contributed by atoms with Crippen molar-refractivity contribution < 1.29 is 22.7 Å². The number of carbonyl (C=O) groups excluding carboxylic acids is 2. The molecule has 182 valence electrons. The summed E-state index contributed by atoms with van der Waals surface area (Å²) in [5, 5.41) is 5.83. The lowest BCUT2D eigenvalue weighted by atomic mass is 9.91. The van der Waals surface area contributed by atoms with Crippen LogP contribution in [0, 0.1) is 6.92 Å². The van der Waals surface area contributed by atoms with E-state index in [0.29, 0.717) is 25.2 Å². The molecule has 2 atom stereocenters. The number of ether oxygens (including phenoxy) is 1. The summed E-state index contributed by atoms with van der Waals surface area (Å²) in [6.07, 6.45) is 1.08. The molecule has 10 heteroatoms. The van der Waals surface area contributed by atoms with Crippen molar-refractivity contribution >= 4 is 32.9 Å². The normalized spacial score (nSPS) is 22.9. The van der Waals surface area contributed by atoms with Crippen molar-refractivity contribution in [3.05, 3.63) is 65.9 Å². The number of nitrogens with one attached hydrogen (secondary N) is 2. The molecule has 2 fully saturated rings. The molecule has 0 saturated carbocycles. The van der Waals surface area contributed by atoms with Crippen LogP contribution >= 0.6 is 0 Å². The van der Waals surface area contributed by atoms with Gasteiger partial charge in [0.2, 0.25) is 10.0 Å². The van der Waals surface area contributed by atoms with Gasteiger partial charge < -0.3 is 10.1 Å². The number of urea groups is 1. The molecule has 2 aromatic carbocycles. The number of imide groups is 1. The fourth-order valence-electron chi connectivity index (χ4n) is 4.91. The summed E-state index contributed by atoms with van der Waals surface area (Å²) in [6.45, 7) is 4.09. The van der Waals surface area contributed by atoms with Crippen LogP contribution in [0.1, 0.15) is 31.0 Å². The number of fused-ring (bicyclic) bond motifs is 1. The Bertz CT molecular complexity index is 1420. The molecule has 0 spiro atoms. The maximum atomic E-state index is 13.4. The van der Waals surface area contributed by atoms with Crippen molar-refractivity contribution in [1.82, 2.24) is 19.9 Å². The number of nitrogens with zero attached hydrogens (tertiary/aromatic N) is 2. The summed E-state index contributed by atoms with van der Waals surface area (Å²) in [5.41, 5.74) is 1.47. The Kier molecular flexibility index (Phi) is 5.72. The maximum absolute atomic E-state index is 13.4. The summed E-state index contributed by atoms with van der Waals surface area (Å²) in [5.74, 6) is 0.0204. The number of aryl methyl sites for hydroxylation is 1. The quantitative estimate of drug-likeness (QED) is 0.509. The number of benzene rings is 2. The van der Waals surface area contributed by atoms with Gasteiger partial charge in [-0.2, -0.15) is 4.31 Å². The number of sulfonamides is 1. The first-order chi connectivity index (χ1) is 16.7. The standard InChI is InChI=1S/C25H26N4O5S/c1-16-14-17(20-6-3-4-7-21(20)26-16)15-34-18-9-11-19(12-10-18)35(32,33)29-13-5-8-22(29)25(2)23(30)27-24(31)28-25/h3-4,6-7,9-12,14,22H,5,8,13,15H2,1-2H3,(H2,27,28,30,31)/t22?,25-/m1/s1. The van der Waals surface area contributed by atoms with E-state index in [1.165, 1.54) is 16.4 Å². The molecule has 2 aliphatic heterocycles. The van der Waals surface area contributed by atoms with Crippen molar-refractivity contribution in [1.29, 1.82) is 0 Å². The van der Waals surface area contributed by atoms with Crippen molar-refractivity contribution in [3.8, 4) is 5.75 Å². The second-order valence-corrected chi connectivity index (χ2v) is 11.0. The van der Waals surface area contributed by atoms with Crippen LogP contribution < -0.4 is 15.4 Å². The number of rotatable bonds is 6. The van der Waals surface area contributed by atoms with E-state index >= 15 is 0 Å². The van der Waals surface area contributed by atoms with Crippen molar-refractivity contribution in [2.45, 2.75) is 49.8 Å². The Labute approximate surface area is 203 Å². The smallest absolute Gasteiger partial charge is 0.322 e. The maximum Gasteiger partial charge on any atom is 0.322 e. The van der Waals surface area contributed by atoms with Crippen LogP contribution in [0.2, 0.25) is 0 Å². The van der Waals surface area contributed by atoms with E-state index in [4.69, 9.17) is 4.74 Å². The molecule has 2 aliphatic rings. The predicted octanol–water partition coefficient (Wildman–Crippen LogP) is 2.87. The van der Waals surface area contributed by atoms with Crippen LogP contribution in [0.3, 0.4) is 0 Å². The van der Waals surface area contributed by atoms with Crippen LogP contribution in [-0.2, 0) is 21.4 Å². The third kappa shape index (κ3) is 4.12. The van der Waals surface area contributed by atoms with Crippen LogP contribution in [0.15, 0.2) is 59.5 Å². The topological polar surface area (TPSA) is 118 Å². The first-order valence-corrected chi connectivity index (χ1v) is 12.9. The summed E-state index contributed by atoms with van der Waals surface area (Å²) in [6, 6.07) is 14.8. The molecule has 3 heterocycles. The van der Waals surface area contributed by atoms with E-state index in [1.54, 1.807) is 19.1 Å². The monoisotopic (exact) mass is 494 g/mol. The van der Waals surface area contributed by atoms with Crippen LogP contribution in [0.5, 0.6) is 5.75 Å². The number of pyridine rings is 1. The highest BCUT2D eigenvalue weighted by molar-refractivity contribution is 7.89. The van der Waals surface area contributed by atoms with Crippen LogP contribution in [-0.4, -0.2) is 47.8 Å². The molecular formula is C25H26N4O5S. The first kappa shape index (κ1) is 23.3. The number of carbonyl (C=O) groups is 2. The number of hydrogen-bond acceptors (Lipinski definition) is 6. The molecule has 1 unspecified atom stereocenters. The lowest BCUT2D eigenvalue weighted by molar-refractivity contribution is -0.124. The number of para-hydroxylation sites is 1. The SMILES string of the molecule is Cc1cc(COc2ccc(S(=O)(=O)N3CCCC3[C@@]3(C)NC(=O)NC3=O)cc2)c2ccccc2n1. The molecule has 3 aromatic rings. The molecular weight excluding hydrogens is 468 g/mol. The summed E-state index contributed by atoms with van der Waals surface area (Å²) < 4.78 is 34.2. The molecule has 1 aromatic heterocycles. The van der Waals surface area contributed by atoms with Gasteiger partial charge in [-0.05, 0) is 63.1 Å². The van der Waals surface area contributed by atoms with Gasteiger partial charge in [-0.3, -0.25) is 15.1 Å². The molecule has 0 radical (unpaired) electrons. The zero-order chi connectivity index (χ0) is 24.8. The molecule has 0 bridgehead atoms. The van der Waals surface area contributed by atoms with Crippen LogP contribution in [0.25, 0.3) is 10.9 Å². The summed E-state index contributed by atoms with van der Waals surface area (Å²) >= 11 is 0.